The minimum atomic E-state index is 0.818. The maximum Gasteiger partial charge on any atom is 0.0167 e. The minimum absolute atomic E-state index is 0.818. The van der Waals surface area contributed by atoms with Crippen molar-refractivity contribution in [1.29, 1.82) is 0 Å². The van der Waals surface area contributed by atoms with E-state index in [1.807, 2.05) is 0 Å². The number of hydrogen-bond acceptors (Lipinski definition) is 1. The molecule has 0 radical (unpaired) electrons. The summed E-state index contributed by atoms with van der Waals surface area (Å²) in [5.74, 6) is 1.86. The maximum atomic E-state index is 3.63. The summed E-state index contributed by atoms with van der Waals surface area (Å²) in [6.45, 7) is 7.05. The fourth-order valence-corrected chi connectivity index (χ4v) is 1.67. The highest BCUT2D eigenvalue weighted by Gasteiger charge is 2.19. The smallest absolute Gasteiger partial charge is 0.0167 e. The van der Waals surface area contributed by atoms with E-state index in [0.29, 0.717) is 0 Å². The summed E-state index contributed by atoms with van der Waals surface area (Å²) in [4.78, 5) is 0. The van der Waals surface area contributed by atoms with E-state index < -0.39 is 0 Å². The normalized spacial score (nSPS) is 20.5. The third kappa shape index (κ3) is 2.96. The highest BCUT2D eigenvalue weighted by atomic mass is 14.8. The molecule has 0 aromatic heterocycles. The summed E-state index contributed by atoms with van der Waals surface area (Å²) >= 11 is 0. The zero-order valence-electron chi connectivity index (χ0n) is 7.47. The van der Waals surface area contributed by atoms with Crippen molar-refractivity contribution in [3.8, 4) is 0 Å². The summed E-state index contributed by atoms with van der Waals surface area (Å²) in [7, 11) is 0. The van der Waals surface area contributed by atoms with Crippen LogP contribution < -0.4 is 5.32 Å². The lowest BCUT2D eigenvalue weighted by Crippen LogP contribution is -2.21. The van der Waals surface area contributed by atoms with Gasteiger partial charge in [0, 0.05) is 6.54 Å². The lowest BCUT2D eigenvalue weighted by Gasteiger charge is -2.28. The van der Waals surface area contributed by atoms with Crippen LogP contribution in [0.25, 0.3) is 0 Å². The van der Waals surface area contributed by atoms with Gasteiger partial charge in [-0.05, 0) is 24.5 Å². The molecule has 0 heterocycles. The van der Waals surface area contributed by atoms with Gasteiger partial charge in [0.05, 0.1) is 0 Å². The lowest BCUT2D eigenvalue weighted by atomic mass is 9.79. The molecule has 1 rings (SSSR count). The highest BCUT2D eigenvalue weighted by Crippen LogP contribution is 2.31. The van der Waals surface area contributed by atoms with Gasteiger partial charge in [-0.3, -0.25) is 0 Å². The van der Waals surface area contributed by atoms with Crippen molar-refractivity contribution in [3.05, 3.63) is 12.8 Å². The summed E-state index contributed by atoms with van der Waals surface area (Å²) in [6, 6.07) is 0. The highest BCUT2D eigenvalue weighted by molar-refractivity contribution is 4.74. The van der Waals surface area contributed by atoms with E-state index in [4.69, 9.17) is 0 Å². The van der Waals surface area contributed by atoms with Crippen molar-refractivity contribution in [2.45, 2.75) is 32.6 Å². The van der Waals surface area contributed by atoms with Crippen molar-refractivity contribution < 1.29 is 0 Å². The third-order valence-corrected chi connectivity index (χ3v) is 2.57. The van der Waals surface area contributed by atoms with Gasteiger partial charge >= 0.3 is 0 Å². The molecule has 0 aromatic carbocycles. The van der Waals surface area contributed by atoms with Crippen LogP contribution in [0.3, 0.4) is 0 Å². The molecule has 0 bridgehead atoms. The van der Waals surface area contributed by atoms with Crippen molar-refractivity contribution >= 4 is 0 Å². The molecule has 0 aromatic rings. The van der Waals surface area contributed by atoms with E-state index in [1.54, 1.807) is 6.20 Å². The Morgan fingerprint density at radius 3 is 2.82 bits per heavy atom. The lowest BCUT2D eigenvalue weighted by molar-refractivity contribution is 0.256. The SMILES string of the molecule is C=CNCC(C)CC1CCC1. The summed E-state index contributed by atoms with van der Waals surface area (Å²) in [5, 5.41) is 3.17. The van der Waals surface area contributed by atoms with E-state index >= 15 is 0 Å². The standard InChI is InChI=1S/C10H19N/c1-3-11-8-9(2)7-10-5-4-6-10/h3,9-11H,1,4-8H2,2H3. The molecule has 64 valence electrons. The van der Waals surface area contributed by atoms with Crippen molar-refractivity contribution in [3.63, 3.8) is 0 Å². The van der Waals surface area contributed by atoms with E-state index in [9.17, 15) is 0 Å². The Morgan fingerprint density at radius 2 is 2.36 bits per heavy atom. The molecule has 1 N–H and O–H groups in total. The van der Waals surface area contributed by atoms with Gasteiger partial charge in [-0.1, -0.05) is 32.8 Å². The second-order valence-corrected chi connectivity index (χ2v) is 3.75. The topological polar surface area (TPSA) is 12.0 Å². The number of rotatable bonds is 5. The largest absolute Gasteiger partial charge is 0.391 e. The van der Waals surface area contributed by atoms with Crippen LogP contribution in [0.4, 0.5) is 0 Å². The molecule has 1 aliphatic carbocycles. The minimum Gasteiger partial charge on any atom is -0.391 e. The van der Waals surface area contributed by atoms with Gasteiger partial charge < -0.3 is 5.32 Å². The first-order valence-corrected chi connectivity index (χ1v) is 4.67. The van der Waals surface area contributed by atoms with Crippen molar-refractivity contribution in [1.82, 2.24) is 5.32 Å². The Balaban J connectivity index is 1.99. The quantitative estimate of drug-likeness (QED) is 0.640. The van der Waals surface area contributed by atoms with E-state index in [2.05, 4.69) is 18.8 Å². The van der Waals surface area contributed by atoms with E-state index in [1.165, 1.54) is 25.7 Å². The molecular weight excluding hydrogens is 134 g/mol. The van der Waals surface area contributed by atoms with Gasteiger partial charge in [0.15, 0.2) is 0 Å². The first-order valence-electron chi connectivity index (χ1n) is 4.67. The Hall–Kier alpha value is -0.460. The third-order valence-electron chi connectivity index (χ3n) is 2.57. The molecule has 0 saturated heterocycles. The Labute approximate surface area is 69.9 Å². The molecule has 1 heteroatoms. The second kappa shape index (κ2) is 4.42. The Morgan fingerprint density at radius 1 is 1.64 bits per heavy atom. The summed E-state index contributed by atoms with van der Waals surface area (Å²) in [6.07, 6.45) is 7.60. The fourth-order valence-electron chi connectivity index (χ4n) is 1.67. The second-order valence-electron chi connectivity index (χ2n) is 3.75. The Bertz CT molecular complexity index is 116. The predicted molar refractivity (Wildman–Crippen MR) is 49.3 cm³/mol. The van der Waals surface area contributed by atoms with Crippen LogP contribution in [-0.2, 0) is 0 Å². The maximum absolute atomic E-state index is 3.63. The molecule has 1 saturated carbocycles. The molecule has 1 nitrogen and oxygen atoms in total. The fraction of sp³-hybridized carbons (Fsp3) is 0.800. The Kier molecular flexibility index (Phi) is 3.47. The average molecular weight is 153 g/mol. The van der Waals surface area contributed by atoms with Crippen LogP contribution in [0.2, 0.25) is 0 Å². The number of nitrogens with one attached hydrogen (secondary N) is 1. The van der Waals surface area contributed by atoms with E-state index in [-0.39, 0.29) is 0 Å². The molecule has 1 atom stereocenters. The monoisotopic (exact) mass is 153 g/mol. The number of hydrogen-bond donors (Lipinski definition) is 1. The zero-order valence-corrected chi connectivity index (χ0v) is 7.47. The van der Waals surface area contributed by atoms with Gasteiger partial charge in [-0.2, -0.15) is 0 Å². The van der Waals surface area contributed by atoms with Gasteiger partial charge in [-0.25, -0.2) is 0 Å². The average Bonchev–Trinajstić information content (AvgIpc) is 1.93. The van der Waals surface area contributed by atoms with Crippen LogP contribution in [0, 0.1) is 11.8 Å². The summed E-state index contributed by atoms with van der Waals surface area (Å²) < 4.78 is 0. The molecule has 11 heavy (non-hydrogen) atoms. The van der Waals surface area contributed by atoms with Crippen LogP contribution >= 0.6 is 0 Å². The van der Waals surface area contributed by atoms with Gasteiger partial charge in [0.25, 0.3) is 0 Å². The van der Waals surface area contributed by atoms with Crippen LogP contribution in [0.1, 0.15) is 32.6 Å². The summed E-state index contributed by atoms with van der Waals surface area (Å²) in [5.41, 5.74) is 0. The van der Waals surface area contributed by atoms with Crippen molar-refractivity contribution in [2.24, 2.45) is 11.8 Å². The zero-order chi connectivity index (χ0) is 8.10. The van der Waals surface area contributed by atoms with Gasteiger partial charge in [0.2, 0.25) is 0 Å². The molecule has 1 aliphatic rings. The molecule has 0 aliphatic heterocycles. The van der Waals surface area contributed by atoms with Gasteiger partial charge in [0.1, 0.15) is 0 Å². The molecule has 1 unspecified atom stereocenters. The first-order chi connectivity index (χ1) is 5.33. The van der Waals surface area contributed by atoms with Crippen LogP contribution in [-0.4, -0.2) is 6.54 Å². The predicted octanol–water partition coefficient (Wildman–Crippen LogP) is 2.55. The van der Waals surface area contributed by atoms with Crippen LogP contribution in [0.5, 0.6) is 0 Å². The van der Waals surface area contributed by atoms with Gasteiger partial charge in [-0.15, -0.1) is 0 Å². The molecule has 0 amide bonds. The van der Waals surface area contributed by atoms with Crippen molar-refractivity contribution in [2.75, 3.05) is 6.54 Å². The first kappa shape index (κ1) is 8.63. The molecule has 0 spiro atoms. The van der Waals surface area contributed by atoms with Crippen LogP contribution in [0.15, 0.2) is 12.8 Å². The molecular formula is C10H19N. The molecule has 1 fully saturated rings. The van der Waals surface area contributed by atoms with E-state index in [0.717, 1.165) is 18.4 Å².